The van der Waals surface area contributed by atoms with E-state index in [2.05, 4.69) is 10.3 Å². The first-order valence-electron chi connectivity index (χ1n) is 9.50. The minimum Gasteiger partial charge on any atom is -0.610 e. The SMILES string of the molecule is CCSCC1=C(C(=O)O)N2C(=O)C(NC(=O)CCC[S+]([O-])c3ccccn3)[C@@H]2SC1. The number of amides is 2. The summed E-state index contributed by atoms with van der Waals surface area (Å²) in [5, 5.41) is 12.4. The smallest absolute Gasteiger partial charge is 0.352 e. The normalized spacial score (nSPS) is 21.7. The number of carbonyl (C=O) groups is 3. The molecular formula is C19H23N3O5S3. The molecule has 3 atom stereocenters. The minimum atomic E-state index is -1.27. The van der Waals surface area contributed by atoms with E-state index < -0.39 is 34.5 Å². The number of thioether (sulfide) groups is 2. The van der Waals surface area contributed by atoms with Gasteiger partial charge in [0.2, 0.25) is 10.9 Å². The summed E-state index contributed by atoms with van der Waals surface area (Å²) in [5.74, 6) is 0.459. The van der Waals surface area contributed by atoms with Crippen LogP contribution in [0.3, 0.4) is 0 Å². The molecule has 0 saturated carbocycles. The fourth-order valence-electron chi connectivity index (χ4n) is 3.22. The van der Waals surface area contributed by atoms with Crippen LogP contribution < -0.4 is 5.32 Å². The largest absolute Gasteiger partial charge is 0.610 e. The average Bonchev–Trinajstić information content (AvgIpc) is 2.75. The van der Waals surface area contributed by atoms with Gasteiger partial charge in [0.15, 0.2) is 0 Å². The van der Waals surface area contributed by atoms with E-state index in [0.29, 0.717) is 28.7 Å². The van der Waals surface area contributed by atoms with E-state index in [4.69, 9.17) is 0 Å². The molecule has 2 aliphatic rings. The van der Waals surface area contributed by atoms with Gasteiger partial charge in [0.1, 0.15) is 22.9 Å². The van der Waals surface area contributed by atoms with E-state index in [1.54, 1.807) is 36.2 Å². The first-order valence-corrected chi connectivity index (χ1v) is 13.0. The highest BCUT2D eigenvalue weighted by Gasteiger charge is 2.54. The number of aromatic nitrogens is 1. The summed E-state index contributed by atoms with van der Waals surface area (Å²) in [6.07, 6.45) is 2.11. The van der Waals surface area contributed by atoms with Crippen LogP contribution in [-0.2, 0) is 25.6 Å². The molecule has 30 heavy (non-hydrogen) atoms. The summed E-state index contributed by atoms with van der Waals surface area (Å²) >= 11 is 1.81. The predicted octanol–water partition coefficient (Wildman–Crippen LogP) is 1.46. The number of carboxylic acids is 1. The highest BCUT2D eigenvalue weighted by molar-refractivity contribution is 8.01. The number of β-lactam (4-membered cyclic amide) rings is 1. The van der Waals surface area contributed by atoms with Gasteiger partial charge in [-0.3, -0.25) is 14.5 Å². The number of nitrogens with one attached hydrogen (secondary N) is 1. The lowest BCUT2D eigenvalue weighted by molar-refractivity contribution is -0.150. The third kappa shape index (κ3) is 5.13. The number of hydrogen-bond donors (Lipinski definition) is 2. The van der Waals surface area contributed by atoms with Crippen molar-refractivity contribution in [3.8, 4) is 0 Å². The second-order valence-corrected chi connectivity index (χ2v) is 10.6. The average molecular weight is 470 g/mol. The standard InChI is InChI=1S/C19H23N3O5S3/c1-2-28-10-12-11-29-18-15(17(24)22(18)16(12)19(25)26)21-13(23)6-5-9-30(27)14-7-3-4-8-20-14/h3-4,7-8,15,18H,2,5-6,9-11H2,1H3,(H,21,23)(H,25,26)/t15?,18-,30?/m0/s1. The van der Waals surface area contributed by atoms with Gasteiger partial charge in [0.05, 0.1) is 0 Å². The number of hydrogen-bond acceptors (Lipinski definition) is 7. The van der Waals surface area contributed by atoms with Gasteiger partial charge in [-0.25, -0.2) is 9.78 Å². The first kappa shape index (κ1) is 23.0. The summed E-state index contributed by atoms with van der Waals surface area (Å²) in [7, 11) is 0. The fraction of sp³-hybridized carbons (Fsp3) is 0.474. The van der Waals surface area contributed by atoms with E-state index in [1.807, 2.05) is 6.92 Å². The second kappa shape index (κ2) is 10.6. The molecule has 2 unspecified atom stereocenters. The Morgan fingerprint density at radius 1 is 1.47 bits per heavy atom. The van der Waals surface area contributed by atoms with E-state index >= 15 is 0 Å². The lowest BCUT2D eigenvalue weighted by Gasteiger charge is -2.49. The number of fused-ring (bicyclic) bond motifs is 1. The molecular weight excluding hydrogens is 446 g/mol. The van der Waals surface area contributed by atoms with Crippen molar-refractivity contribution in [2.75, 3.05) is 23.0 Å². The molecule has 8 nitrogen and oxygen atoms in total. The zero-order valence-electron chi connectivity index (χ0n) is 16.4. The zero-order chi connectivity index (χ0) is 21.7. The molecule has 11 heteroatoms. The zero-order valence-corrected chi connectivity index (χ0v) is 18.9. The number of carboxylic acid groups (broad SMARTS) is 1. The van der Waals surface area contributed by atoms with E-state index in [-0.39, 0.29) is 18.0 Å². The summed E-state index contributed by atoms with van der Waals surface area (Å²) in [6.45, 7) is 2.00. The van der Waals surface area contributed by atoms with Gasteiger partial charge in [0, 0.05) is 47.8 Å². The Labute approximate surface area is 186 Å². The Balaban J connectivity index is 1.51. The van der Waals surface area contributed by atoms with Crippen molar-refractivity contribution < 1.29 is 24.0 Å². The quantitative estimate of drug-likeness (QED) is 0.390. The van der Waals surface area contributed by atoms with E-state index in [1.165, 1.54) is 16.7 Å². The number of pyridine rings is 1. The van der Waals surface area contributed by atoms with E-state index in [9.17, 15) is 24.0 Å². The predicted molar refractivity (Wildman–Crippen MR) is 117 cm³/mol. The maximum absolute atomic E-state index is 12.6. The number of aliphatic carboxylic acids is 1. The molecule has 2 amide bonds. The Hall–Kier alpha value is -1.69. The molecule has 0 aliphatic carbocycles. The molecule has 1 fully saturated rings. The van der Waals surface area contributed by atoms with Crippen LogP contribution in [0.2, 0.25) is 0 Å². The van der Waals surface area contributed by atoms with Crippen LogP contribution in [-0.4, -0.2) is 71.8 Å². The Morgan fingerprint density at radius 2 is 2.27 bits per heavy atom. The lowest BCUT2D eigenvalue weighted by atomic mass is 10.0. The van der Waals surface area contributed by atoms with Crippen molar-refractivity contribution in [1.82, 2.24) is 15.2 Å². The van der Waals surface area contributed by atoms with Gasteiger partial charge in [0.25, 0.3) is 5.91 Å². The van der Waals surface area contributed by atoms with Crippen LogP contribution in [0.5, 0.6) is 0 Å². The molecule has 0 aromatic carbocycles. The van der Waals surface area contributed by atoms with Crippen molar-refractivity contribution >= 4 is 52.5 Å². The van der Waals surface area contributed by atoms with Crippen LogP contribution in [0.1, 0.15) is 19.8 Å². The third-order valence-electron chi connectivity index (χ3n) is 4.65. The van der Waals surface area contributed by atoms with E-state index in [0.717, 1.165) is 11.3 Å². The van der Waals surface area contributed by atoms with Crippen LogP contribution in [0, 0.1) is 0 Å². The highest BCUT2D eigenvalue weighted by atomic mass is 32.2. The van der Waals surface area contributed by atoms with Crippen molar-refractivity contribution in [2.45, 2.75) is 36.2 Å². The molecule has 0 radical (unpaired) electrons. The number of nitrogens with zero attached hydrogens (tertiary/aromatic N) is 2. The molecule has 3 heterocycles. The summed E-state index contributed by atoms with van der Waals surface area (Å²) in [6, 6.07) is 4.46. The third-order valence-corrected chi connectivity index (χ3v) is 8.32. The molecule has 1 aromatic rings. The Bertz CT molecular complexity index is 836. The molecule has 0 bridgehead atoms. The van der Waals surface area contributed by atoms with Crippen molar-refractivity contribution in [2.24, 2.45) is 0 Å². The molecule has 3 rings (SSSR count). The number of carbonyl (C=O) groups excluding carboxylic acids is 2. The molecule has 2 N–H and O–H groups in total. The van der Waals surface area contributed by atoms with Gasteiger partial charge in [-0.05, 0) is 17.4 Å². The summed E-state index contributed by atoms with van der Waals surface area (Å²) < 4.78 is 12.2. The van der Waals surface area contributed by atoms with Gasteiger partial charge >= 0.3 is 5.97 Å². The maximum atomic E-state index is 12.6. The minimum absolute atomic E-state index is 0.0564. The van der Waals surface area contributed by atoms with Gasteiger partial charge in [-0.15, -0.1) is 11.8 Å². The first-order chi connectivity index (χ1) is 14.4. The van der Waals surface area contributed by atoms with Crippen molar-refractivity contribution in [1.29, 1.82) is 0 Å². The summed E-state index contributed by atoms with van der Waals surface area (Å²) in [4.78, 5) is 41.9. The van der Waals surface area contributed by atoms with Crippen LogP contribution >= 0.6 is 23.5 Å². The molecule has 1 saturated heterocycles. The van der Waals surface area contributed by atoms with Gasteiger partial charge < -0.3 is 15.0 Å². The van der Waals surface area contributed by atoms with Crippen LogP contribution in [0.15, 0.2) is 40.7 Å². The van der Waals surface area contributed by atoms with Gasteiger partial charge in [-0.1, -0.05) is 13.0 Å². The maximum Gasteiger partial charge on any atom is 0.352 e. The molecule has 1 aromatic heterocycles. The van der Waals surface area contributed by atoms with Crippen LogP contribution in [0.4, 0.5) is 0 Å². The second-order valence-electron chi connectivity index (χ2n) is 6.67. The monoisotopic (exact) mass is 469 g/mol. The molecule has 162 valence electrons. The summed E-state index contributed by atoms with van der Waals surface area (Å²) in [5.41, 5.74) is 0.798. The van der Waals surface area contributed by atoms with Crippen LogP contribution in [0.25, 0.3) is 0 Å². The number of rotatable bonds is 10. The lowest BCUT2D eigenvalue weighted by Crippen LogP contribution is -2.70. The molecule has 0 spiro atoms. The Kier molecular flexibility index (Phi) is 8.09. The molecule has 2 aliphatic heterocycles. The van der Waals surface area contributed by atoms with Crippen molar-refractivity contribution in [3.63, 3.8) is 0 Å². The topological polar surface area (TPSA) is 123 Å². The fourth-order valence-corrected chi connectivity index (χ4v) is 6.40. The van der Waals surface area contributed by atoms with Crippen molar-refractivity contribution in [3.05, 3.63) is 35.7 Å². The highest BCUT2D eigenvalue weighted by Crippen LogP contribution is 2.41. The Morgan fingerprint density at radius 3 is 2.93 bits per heavy atom. The van der Waals surface area contributed by atoms with Gasteiger partial charge in [-0.2, -0.15) is 11.8 Å².